The van der Waals surface area contributed by atoms with E-state index in [4.69, 9.17) is 5.11 Å². The van der Waals surface area contributed by atoms with Crippen LogP contribution in [0.3, 0.4) is 0 Å². The molecule has 1 saturated carbocycles. The Labute approximate surface area is 119 Å². The van der Waals surface area contributed by atoms with Crippen molar-refractivity contribution in [2.45, 2.75) is 40.0 Å². The van der Waals surface area contributed by atoms with Crippen LogP contribution in [-0.4, -0.2) is 29.3 Å². The highest BCUT2D eigenvalue weighted by Gasteiger charge is 2.64. The van der Waals surface area contributed by atoms with Crippen molar-refractivity contribution in [2.75, 3.05) is 6.54 Å². The third kappa shape index (κ3) is 3.68. The summed E-state index contributed by atoms with van der Waals surface area (Å²) in [6.07, 6.45) is 1.28. The van der Waals surface area contributed by atoms with Gasteiger partial charge in [-0.05, 0) is 30.8 Å². The molecule has 112 valence electrons. The summed E-state index contributed by atoms with van der Waals surface area (Å²) >= 11 is 0. The molecule has 20 heavy (non-hydrogen) atoms. The molecular weight excluding hydrogens is 258 g/mol. The molecule has 0 radical (unpaired) electrons. The first-order valence-corrected chi connectivity index (χ1v) is 6.88. The Balaban J connectivity index is 2.39. The molecule has 0 aromatic carbocycles. The van der Waals surface area contributed by atoms with E-state index in [-0.39, 0.29) is 35.4 Å². The number of aliphatic carboxylic acids is 1. The number of carbonyl (C=O) groups excluding carboxylic acids is 2. The van der Waals surface area contributed by atoms with Crippen LogP contribution in [0.2, 0.25) is 0 Å². The van der Waals surface area contributed by atoms with Crippen LogP contribution in [-0.2, 0) is 14.4 Å². The average molecular weight is 281 g/mol. The van der Waals surface area contributed by atoms with E-state index in [1.807, 2.05) is 13.8 Å². The summed E-state index contributed by atoms with van der Waals surface area (Å²) in [6, 6.07) is 0. The van der Waals surface area contributed by atoms with E-state index in [0.29, 0.717) is 25.0 Å². The minimum atomic E-state index is -0.827. The molecule has 0 spiro atoms. The molecule has 0 bridgehead atoms. The molecule has 0 aromatic heterocycles. The topological polar surface area (TPSA) is 83.5 Å². The van der Waals surface area contributed by atoms with Gasteiger partial charge in [0.05, 0.1) is 5.92 Å². The lowest BCUT2D eigenvalue weighted by atomic mass is 10.0. The molecule has 5 nitrogen and oxygen atoms in total. The third-order valence-corrected chi connectivity index (χ3v) is 3.93. The zero-order chi connectivity index (χ0) is 15.5. The number of amides is 1. The van der Waals surface area contributed by atoms with Crippen molar-refractivity contribution in [1.29, 1.82) is 0 Å². The summed E-state index contributed by atoms with van der Waals surface area (Å²) in [5.74, 6) is -1.57. The zero-order valence-corrected chi connectivity index (χ0v) is 12.4. The molecule has 0 heterocycles. The monoisotopic (exact) mass is 281 g/mol. The number of carbonyl (C=O) groups is 3. The number of ketones is 1. The molecule has 0 aromatic rings. The Morgan fingerprint density at radius 3 is 2.30 bits per heavy atom. The second kappa shape index (κ2) is 6.20. The van der Waals surface area contributed by atoms with Gasteiger partial charge < -0.3 is 10.4 Å². The standard InChI is InChI=1S/C15H23NO4/c1-9(2)13(19)11-12(15(11,3)4)14(20)16-8-6-5-7-10(17)18/h11-12H,1,5-8H2,2-4H3,(H,16,20)(H,17,18). The lowest BCUT2D eigenvalue weighted by molar-refractivity contribution is -0.137. The maximum Gasteiger partial charge on any atom is 0.303 e. The first-order chi connectivity index (χ1) is 9.19. The smallest absolute Gasteiger partial charge is 0.303 e. The molecule has 0 saturated heterocycles. The quantitative estimate of drug-likeness (QED) is 0.524. The lowest BCUT2D eigenvalue weighted by Crippen LogP contribution is -2.28. The molecule has 2 unspecified atom stereocenters. The highest BCUT2D eigenvalue weighted by atomic mass is 16.4. The predicted molar refractivity (Wildman–Crippen MR) is 75.1 cm³/mol. The highest BCUT2D eigenvalue weighted by Crippen LogP contribution is 2.59. The minimum Gasteiger partial charge on any atom is -0.481 e. The summed E-state index contributed by atoms with van der Waals surface area (Å²) in [5, 5.41) is 11.3. The van der Waals surface area contributed by atoms with Crippen LogP contribution >= 0.6 is 0 Å². The van der Waals surface area contributed by atoms with Gasteiger partial charge in [0.2, 0.25) is 5.91 Å². The van der Waals surface area contributed by atoms with Gasteiger partial charge in [-0.25, -0.2) is 0 Å². The molecule has 5 heteroatoms. The maximum absolute atomic E-state index is 12.0. The number of unbranched alkanes of at least 4 members (excludes halogenated alkanes) is 1. The SMILES string of the molecule is C=C(C)C(=O)C1C(C(=O)NCCCCC(=O)O)C1(C)C. The van der Waals surface area contributed by atoms with Gasteiger partial charge in [0.15, 0.2) is 5.78 Å². The van der Waals surface area contributed by atoms with Crippen molar-refractivity contribution in [3.8, 4) is 0 Å². The molecule has 1 fully saturated rings. The fourth-order valence-corrected chi connectivity index (χ4v) is 2.60. The molecule has 1 amide bonds. The van der Waals surface area contributed by atoms with Gasteiger partial charge in [0, 0.05) is 18.9 Å². The zero-order valence-electron chi connectivity index (χ0n) is 12.4. The first-order valence-electron chi connectivity index (χ1n) is 6.88. The summed E-state index contributed by atoms with van der Waals surface area (Å²) in [7, 11) is 0. The number of Topliss-reactive ketones (excluding diaryl/α,β-unsaturated/α-hetero) is 1. The minimum absolute atomic E-state index is 0.0407. The van der Waals surface area contributed by atoms with Crippen LogP contribution in [0.1, 0.15) is 40.0 Å². The number of allylic oxidation sites excluding steroid dienone is 1. The number of hydrogen-bond donors (Lipinski definition) is 2. The van der Waals surface area contributed by atoms with Crippen LogP contribution in [0.5, 0.6) is 0 Å². The number of carboxylic acids is 1. The number of rotatable bonds is 8. The van der Waals surface area contributed by atoms with Crippen molar-refractivity contribution in [3.05, 3.63) is 12.2 Å². The van der Waals surface area contributed by atoms with E-state index >= 15 is 0 Å². The molecule has 1 rings (SSSR count). The van der Waals surface area contributed by atoms with Gasteiger partial charge in [0.25, 0.3) is 0 Å². The van der Waals surface area contributed by atoms with Crippen molar-refractivity contribution < 1.29 is 19.5 Å². The van der Waals surface area contributed by atoms with Crippen LogP contribution in [0.15, 0.2) is 12.2 Å². The fraction of sp³-hybridized carbons (Fsp3) is 0.667. The van der Waals surface area contributed by atoms with E-state index in [0.717, 1.165) is 0 Å². The third-order valence-electron chi connectivity index (χ3n) is 3.93. The molecule has 0 aliphatic heterocycles. The molecule has 1 aliphatic carbocycles. The number of nitrogens with one attached hydrogen (secondary N) is 1. The van der Waals surface area contributed by atoms with Gasteiger partial charge in [-0.2, -0.15) is 0 Å². The Morgan fingerprint density at radius 2 is 1.80 bits per heavy atom. The van der Waals surface area contributed by atoms with Crippen molar-refractivity contribution in [2.24, 2.45) is 17.3 Å². The first kappa shape index (κ1) is 16.4. The number of carboxylic acid groups (broad SMARTS) is 1. The van der Waals surface area contributed by atoms with Crippen LogP contribution < -0.4 is 5.32 Å². The molecular formula is C15H23NO4. The van der Waals surface area contributed by atoms with Gasteiger partial charge >= 0.3 is 5.97 Å². The second-order valence-electron chi connectivity index (χ2n) is 6.06. The van der Waals surface area contributed by atoms with E-state index in [1.54, 1.807) is 6.92 Å². The molecule has 1 aliphatic rings. The Kier molecular flexibility index (Phi) is 5.09. The molecule has 2 atom stereocenters. The summed E-state index contributed by atoms with van der Waals surface area (Å²) in [4.78, 5) is 34.3. The van der Waals surface area contributed by atoms with Crippen LogP contribution in [0, 0.1) is 17.3 Å². The Morgan fingerprint density at radius 1 is 1.20 bits per heavy atom. The highest BCUT2D eigenvalue weighted by molar-refractivity contribution is 6.03. The summed E-state index contributed by atoms with van der Waals surface area (Å²) in [5.41, 5.74) is 0.168. The maximum atomic E-state index is 12.0. The van der Waals surface area contributed by atoms with Gasteiger partial charge in [0.1, 0.15) is 0 Å². The average Bonchev–Trinajstić information content (AvgIpc) is 2.90. The number of hydrogen-bond acceptors (Lipinski definition) is 3. The second-order valence-corrected chi connectivity index (χ2v) is 6.06. The summed E-state index contributed by atoms with van der Waals surface area (Å²) < 4.78 is 0. The van der Waals surface area contributed by atoms with E-state index in [2.05, 4.69) is 11.9 Å². The Hall–Kier alpha value is -1.65. The van der Waals surface area contributed by atoms with Gasteiger partial charge in [-0.15, -0.1) is 0 Å². The fourth-order valence-electron chi connectivity index (χ4n) is 2.60. The van der Waals surface area contributed by atoms with E-state index < -0.39 is 5.97 Å². The molecule has 2 N–H and O–H groups in total. The summed E-state index contributed by atoms with van der Waals surface area (Å²) in [6.45, 7) is 9.58. The van der Waals surface area contributed by atoms with Crippen molar-refractivity contribution in [1.82, 2.24) is 5.32 Å². The van der Waals surface area contributed by atoms with E-state index in [9.17, 15) is 14.4 Å². The normalized spacial score (nSPS) is 22.9. The van der Waals surface area contributed by atoms with Gasteiger partial charge in [-0.1, -0.05) is 20.4 Å². The van der Waals surface area contributed by atoms with Crippen molar-refractivity contribution in [3.63, 3.8) is 0 Å². The van der Waals surface area contributed by atoms with Gasteiger partial charge in [-0.3, -0.25) is 14.4 Å². The van der Waals surface area contributed by atoms with Crippen LogP contribution in [0.25, 0.3) is 0 Å². The predicted octanol–water partition coefficient (Wildman–Crippen LogP) is 1.77. The van der Waals surface area contributed by atoms with Crippen LogP contribution in [0.4, 0.5) is 0 Å². The van der Waals surface area contributed by atoms with Crippen molar-refractivity contribution >= 4 is 17.7 Å². The lowest BCUT2D eigenvalue weighted by Gasteiger charge is -2.05. The Bertz CT molecular complexity index is 439. The largest absolute Gasteiger partial charge is 0.481 e. The van der Waals surface area contributed by atoms with E-state index in [1.165, 1.54) is 0 Å².